The molecule has 1 aliphatic heterocycles. The van der Waals surface area contributed by atoms with E-state index in [9.17, 15) is 0 Å². The zero-order chi connectivity index (χ0) is 20.3. The van der Waals surface area contributed by atoms with Crippen molar-refractivity contribution in [3.05, 3.63) is 53.6 Å². The first-order valence-corrected chi connectivity index (χ1v) is 11.1. The Hall–Kier alpha value is -2.84. The molecule has 1 saturated carbocycles. The number of aromatic nitrogens is 3. The smallest absolute Gasteiger partial charge is 0.206 e. The zero-order valence-corrected chi connectivity index (χ0v) is 17.4. The molecular formula is C25H28N4O. The lowest BCUT2D eigenvalue weighted by Crippen LogP contribution is -2.36. The van der Waals surface area contributed by atoms with Gasteiger partial charge in [0.1, 0.15) is 5.65 Å². The molecule has 5 rings (SSSR count). The molecule has 2 aromatic heterocycles. The van der Waals surface area contributed by atoms with E-state index in [-0.39, 0.29) is 0 Å². The molecule has 1 aliphatic carbocycles. The van der Waals surface area contributed by atoms with Gasteiger partial charge in [0.2, 0.25) is 5.82 Å². The molecule has 30 heavy (non-hydrogen) atoms. The summed E-state index contributed by atoms with van der Waals surface area (Å²) in [6.07, 6.45) is 14.7. The summed E-state index contributed by atoms with van der Waals surface area (Å²) in [5, 5.41) is 1.08. The minimum Gasteiger partial charge on any atom is -0.378 e. The summed E-state index contributed by atoms with van der Waals surface area (Å²) in [5.41, 5.74) is 4.89. The maximum Gasteiger partial charge on any atom is 0.206 e. The third-order valence-corrected chi connectivity index (χ3v) is 6.42. The van der Waals surface area contributed by atoms with Gasteiger partial charge in [-0.05, 0) is 42.5 Å². The molecule has 0 bridgehead atoms. The van der Waals surface area contributed by atoms with Crippen LogP contribution in [0.25, 0.3) is 11.0 Å². The number of nitrogens with zero attached hydrogens (tertiary/aromatic N) is 4. The molecule has 3 heterocycles. The molecule has 1 saturated heterocycles. The summed E-state index contributed by atoms with van der Waals surface area (Å²) in [7, 11) is 0. The highest BCUT2D eigenvalue weighted by molar-refractivity contribution is 5.77. The monoisotopic (exact) mass is 400 g/mol. The lowest BCUT2D eigenvalue weighted by Gasteiger charge is -2.29. The highest BCUT2D eigenvalue weighted by Gasteiger charge is 2.22. The summed E-state index contributed by atoms with van der Waals surface area (Å²) in [6, 6.07) is 11.7. The molecule has 2 fully saturated rings. The van der Waals surface area contributed by atoms with E-state index in [0.29, 0.717) is 11.9 Å². The summed E-state index contributed by atoms with van der Waals surface area (Å²) in [4.78, 5) is 11.4. The fourth-order valence-electron chi connectivity index (χ4n) is 4.87. The molecule has 1 aromatic carbocycles. The number of hydrogen-bond donors (Lipinski definition) is 0. The molecular weight excluding hydrogens is 372 g/mol. The third-order valence-electron chi connectivity index (χ3n) is 6.42. The Labute approximate surface area is 178 Å². The van der Waals surface area contributed by atoms with Crippen molar-refractivity contribution in [3.63, 3.8) is 0 Å². The summed E-state index contributed by atoms with van der Waals surface area (Å²) in [5.74, 6) is 3.07. The van der Waals surface area contributed by atoms with Gasteiger partial charge >= 0.3 is 0 Å². The van der Waals surface area contributed by atoms with Gasteiger partial charge < -0.3 is 14.2 Å². The van der Waals surface area contributed by atoms with Crippen LogP contribution in [0.2, 0.25) is 0 Å². The lowest BCUT2D eigenvalue weighted by molar-refractivity contribution is 0.122. The summed E-state index contributed by atoms with van der Waals surface area (Å²) < 4.78 is 7.92. The second-order valence-corrected chi connectivity index (χ2v) is 8.36. The van der Waals surface area contributed by atoms with E-state index in [4.69, 9.17) is 16.1 Å². The zero-order valence-electron chi connectivity index (χ0n) is 17.4. The lowest BCUT2D eigenvalue weighted by atomic mass is 9.95. The molecule has 0 N–H and O–H groups in total. The first-order valence-electron chi connectivity index (χ1n) is 11.1. The Bertz CT molecular complexity index is 1050. The van der Waals surface area contributed by atoms with Gasteiger partial charge in [-0.15, -0.1) is 6.42 Å². The van der Waals surface area contributed by atoms with Crippen LogP contribution in [0.1, 0.15) is 55.2 Å². The van der Waals surface area contributed by atoms with E-state index in [1.807, 2.05) is 6.20 Å². The predicted molar refractivity (Wildman–Crippen MR) is 120 cm³/mol. The maximum atomic E-state index is 5.58. The van der Waals surface area contributed by atoms with Crippen molar-refractivity contribution in [1.29, 1.82) is 0 Å². The van der Waals surface area contributed by atoms with Gasteiger partial charge in [0.05, 0.1) is 13.2 Å². The molecule has 0 amide bonds. The van der Waals surface area contributed by atoms with Gasteiger partial charge in [0, 0.05) is 48.5 Å². The van der Waals surface area contributed by atoms with Crippen LogP contribution >= 0.6 is 0 Å². The Morgan fingerprint density at radius 3 is 2.57 bits per heavy atom. The number of fused-ring (bicyclic) bond motifs is 1. The average molecular weight is 401 g/mol. The van der Waals surface area contributed by atoms with Gasteiger partial charge in [0.25, 0.3) is 0 Å². The Kier molecular flexibility index (Phi) is 5.42. The van der Waals surface area contributed by atoms with Crippen LogP contribution in [-0.2, 0) is 11.2 Å². The summed E-state index contributed by atoms with van der Waals surface area (Å²) >= 11 is 0. The molecule has 0 radical (unpaired) electrons. The van der Waals surface area contributed by atoms with E-state index in [0.717, 1.165) is 43.8 Å². The SMILES string of the molecule is C#Cc1ncc2cc(Cc3ccc(N4CCOCC4)cc3)n(C3CCCCC3)c2n1. The first kappa shape index (κ1) is 19.1. The third kappa shape index (κ3) is 3.80. The molecule has 5 heteroatoms. The van der Waals surface area contributed by atoms with Crippen molar-refractivity contribution in [2.24, 2.45) is 0 Å². The minimum absolute atomic E-state index is 0.471. The molecule has 0 atom stereocenters. The number of anilines is 1. The standard InChI is InChI=1S/C25H28N4O/c1-2-24-26-18-20-17-23(29(25(20)27-24)22-6-4-3-5-7-22)16-19-8-10-21(11-9-19)28-12-14-30-15-13-28/h1,8-11,17-18,22H,3-7,12-16H2. The van der Waals surface area contributed by atoms with E-state index >= 15 is 0 Å². The number of terminal acetylenes is 1. The Morgan fingerprint density at radius 2 is 1.83 bits per heavy atom. The van der Waals surface area contributed by atoms with Crippen molar-refractivity contribution in [1.82, 2.24) is 14.5 Å². The highest BCUT2D eigenvalue weighted by Crippen LogP contribution is 2.34. The van der Waals surface area contributed by atoms with Crippen LogP contribution in [0.5, 0.6) is 0 Å². The van der Waals surface area contributed by atoms with E-state index in [1.165, 1.54) is 49.0 Å². The average Bonchev–Trinajstić information content (AvgIpc) is 3.17. The van der Waals surface area contributed by atoms with Crippen LogP contribution < -0.4 is 4.90 Å². The summed E-state index contributed by atoms with van der Waals surface area (Å²) in [6.45, 7) is 3.55. The van der Waals surface area contributed by atoms with Crippen molar-refractivity contribution >= 4 is 16.7 Å². The number of benzene rings is 1. The number of ether oxygens (including phenoxy) is 1. The van der Waals surface area contributed by atoms with Gasteiger partial charge in [-0.1, -0.05) is 31.4 Å². The molecule has 3 aromatic rings. The van der Waals surface area contributed by atoms with E-state index in [1.54, 1.807) is 0 Å². The molecule has 2 aliphatic rings. The number of rotatable bonds is 4. The van der Waals surface area contributed by atoms with Crippen LogP contribution in [0.15, 0.2) is 36.5 Å². The van der Waals surface area contributed by atoms with Crippen LogP contribution in [-0.4, -0.2) is 40.8 Å². The fourth-order valence-corrected chi connectivity index (χ4v) is 4.87. The Morgan fingerprint density at radius 1 is 1.07 bits per heavy atom. The van der Waals surface area contributed by atoms with Gasteiger partial charge in [-0.2, -0.15) is 0 Å². The normalized spacial score (nSPS) is 17.9. The van der Waals surface area contributed by atoms with E-state index in [2.05, 4.69) is 50.7 Å². The van der Waals surface area contributed by atoms with Crippen LogP contribution in [0.3, 0.4) is 0 Å². The predicted octanol–water partition coefficient (Wildman–Crippen LogP) is 4.35. The van der Waals surface area contributed by atoms with Crippen molar-refractivity contribution < 1.29 is 4.74 Å². The highest BCUT2D eigenvalue weighted by atomic mass is 16.5. The van der Waals surface area contributed by atoms with E-state index < -0.39 is 0 Å². The van der Waals surface area contributed by atoms with Gasteiger partial charge in [0.15, 0.2) is 0 Å². The number of hydrogen-bond acceptors (Lipinski definition) is 4. The molecule has 0 unspecified atom stereocenters. The molecule has 0 spiro atoms. The van der Waals surface area contributed by atoms with Crippen LogP contribution in [0, 0.1) is 12.3 Å². The second kappa shape index (κ2) is 8.49. The Balaban J connectivity index is 1.46. The number of morpholine rings is 1. The minimum atomic E-state index is 0.471. The van der Waals surface area contributed by atoms with Gasteiger partial charge in [-0.3, -0.25) is 0 Å². The first-order chi connectivity index (χ1) is 14.8. The topological polar surface area (TPSA) is 43.2 Å². The van der Waals surface area contributed by atoms with Gasteiger partial charge in [-0.25, -0.2) is 9.97 Å². The maximum absolute atomic E-state index is 5.58. The van der Waals surface area contributed by atoms with Crippen molar-refractivity contribution in [2.45, 2.75) is 44.6 Å². The molecule has 5 nitrogen and oxygen atoms in total. The quantitative estimate of drug-likeness (QED) is 0.611. The second-order valence-electron chi connectivity index (χ2n) is 8.36. The fraction of sp³-hybridized carbons (Fsp3) is 0.440. The largest absolute Gasteiger partial charge is 0.378 e. The van der Waals surface area contributed by atoms with Crippen LogP contribution in [0.4, 0.5) is 5.69 Å². The van der Waals surface area contributed by atoms with Crippen molar-refractivity contribution in [2.75, 3.05) is 31.2 Å². The molecule has 154 valence electrons. The van der Waals surface area contributed by atoms with Crippen molar-refractivity contribution in [3.8, 4) is 12.3 Å².